The summed E-state index contributed by atoms with van der Waals surface area (Å²) in [5.41, 5.74) is 6.05. The first kappa shape index (κ1) is 45.1. The summed E-state index contributed by atoms with van der Waals surface area (Å²) >= 11 is 0. The van der Waals surface area contributed by atoms with E-state index >= 15 is 0 Å². The second kappa shape index (κ2) is 21.7. The molecule has 306 valence electrons. The number of aromatic nitrogens is 1. The summed E-state index contributed by atoms with van der Waals surface area (Å²) in [4.78, 5) is 58.0. The monoisotopic (exact) mass is 770 g/mol. The van der Waals surface area contributed by atoms with E-state index in [2.05, 4.69) is 24.1 Å². The maximum absolute atomic E-state index is 13.8. The van der Waals surface area contributed by atoms with E-state index in [0.717, 1.165) is 12.0 Å². The van der Waals surface area contributed by atoms with Crippen LogP contribution in [0.15, 0.2) is 42.7 Å². The molecule has 5 atom stereocenters. The lowest BCUT2D eigenvalue weighted by Gasteiger charge is -2.33. The number of nitrogens with zero attached hydrogens (tertiary/aromatic N) is 2. The minimum absolute atomic E-state index is 0.0643. The Kier molecular flexibility index (Phi) is 17.8. The summed E-state index contributed by atoms with van der Waals surface area (Å²) in [7, 11) is 3.26. The Morgan fingerprint density at radius 2 is 1.75 bits per heavy atom. The molecule has 1 aliphatic heterocycles. The number of carbonyl (C=O) groups excluding carboxylic acids is 4. The van der Waals surface area contributed by atoms with E-state index in [9.17, 15) is 19.2 Å². The van der Waals surface area contributed by atoms with Crippen molar-refractivity contribution in [1.82, 2.24) is 15.2 Å². The fourth-order valence-corrected chi connectivity index (χ4v) is 6.51. The van der Waals surface area contributed by atoms with Crippen molar-refractivity contribution < 1.29 is 47.6 Å². The van der Waals surface area contributed by atoms with Crippen molar-refractivity contribution in [3.05, 3.63) is 53.9 Å². The predicted molar refractivity (Wildman–Crippen MR) is 206 cm³/mol. The van der Waals surface area contributed by atoms with E-state index < -0.39 is 41.8 Å². The molecule has 14 nitrogen and oxygen atoms in total. The normalized spacial score (nSPS) is 17.4. The van der Waals surface area contributed by atoms with Crippen LogP contribution in [0.5, 0.6) is 11.5 Å². The summed E-state index contributed by atoms with van der Waals surface area (Å²) in [6, 6.07) is 8.59. The van der Waals surface area contributed by atoms with Crippen LogP contribution in [-0.4, -0.2) is 99.3 Å². The maximum atomic E-state index is 13.8. The average Bonchev–Trinajstić information content (AvgIpc) is 3.56. The molecule has 0 bridgehead atoms. The second-order valence-corrected chi connectivity index (χ2v) is 15.4. The number of nitrogens with one attached hydrogen (secondary N) is 1. The summed E-state index contributed by atoms with van der Waals surface area (Å²) in [6.07, 6.45) is 2.74. The fraction of sp³-hybridized carbons (Fsp3) is 0.634. The zero-order chi connectivity index (χ0) is 40.7. The lowest BCUT2D eigenvalue weighted by Crippen LogP contribution is -2.46. The molecule has 2 heterocycles. The summed E-state index contributed by atoms with van der Waals surface area (Å²) in [5.74, 6) is -0.0589. The number of carbonyl (C=O) groups is 4. The van der Waals surface area contributed by atoms with Gasteiger partial charge in [0.05, 0.1) is 38.0 Å². The van der Waals surface area contributed by atoms with Crippen molar-refractivity contribution in [2.45, 2.75) is 92.6 Å². The van der Waals surface area contributed by atoms with Gasteiger partial charge in [-0.2, -0.15) is 0 Å². The van der Waals surface area contributed by atoms with Gasteiger partial charge in [0.2, 0.25) is 12.2 Å². The van der Waals surface area contributed by atoms with Gasteiger partial charge in [0.1, 0.15) is 6.73 Å². The Labute approximate surface area is 326 Å². The lowest BCUT2D eigenvalue weighted by atomic mass is 9.80. The Morgan fingerprint density at radius 1 is 1.00 bits per heavy atom. The van der Waals surface area contributed by atoms with Crippen LogP contribution in [-0.2, 0) is 35.0 Å². The minimum atomic E-state index is -1.20. The van der Waals surface area contributed by atoms with Crippen LogP contribution >= 0.6 is 0 Å². The molecule has 0 spiro atoms. The van der Waals surface area contributed by atoms with Gasteiger partial charge in [0.15, 0.2) is 17.3 Å². The van der Waals surface area contributed by atoms with Gasteiger partial charge in [-0.15, -0.1) is 0 Å². The number of hydrogen-bond donors (Lipinski definition) is 2. The zero-order valence-corrected chi connectivity index (χ0v) is 34.0. The smallest absolute Gasteiger partial charge is 0.415 e. The maximum Gasteiger partial charge on any atom is 0.415 e. The van der Waals surface area contributed by atoms with Crippen molar-refractivity contribution in [3.8, 4) is 11.5 Å². The number of nitrogens with two attached hydrogens (primary N) is 1. The van der Waals surface area contributed by atoms with Gasteiger partial charge in [0, 0.05) is 57.3 Å². The van der Waals surface area contributed by atoms with Gasteiger partial charge >= 0.3 is 12.1 Å². The number of Topliss-reactive ketones (excluding diaryl/α,β-unsaturated/α-hetero) is 1. The van der Waals surface area contributed by atoms with Crippen LogP contribution in [0.4, 0.5) is 4.79 Å². The van der Waals surface area contributed by atoms with E-state index in [-0.39, 0.29) is 54.8 Å². The first-order valence-corrected chi connectivity index (χ1v) is 19.1. The van der Waals surface area contributed by atoms with Crippen molar-refractivity contribution in [1.29, 1.82) is 0 Å². The molecular formula is C41H62N4O10. The topological polar surface area (TPSA) is 178 Å². The van der Waals surface area contributed by atoms with Crippen molar-refractivity contribution in [3.63, 3.8) is 0 Å². The number of amides is 2. The van der Waals surface area contributed by atoms with Gasteiger partial charge in [-0.3, -0.25) is 19.5 Å². The van der Waals surface area contributed by atoms with E-state index in [1.165, 1.54) is 24.2 Å². The number of esters is 1. The number of methoxy groups -OCH3 is 2. The van der Waals surface area contributed by atoms with Gasteiger partial charge < -0.3 is 39.5 Å². The first-order chi connectivity index (χ1) is 26.1. The van der Waals surface area contributed by atoms with Crippen LogP contribution in [0.25, 0.3) is 0 Å². The minimum Gasteiger partial charge on any atom is -0.493 e. The van der Waals surface area contributed by atoms with Gasteiger partial charge in [0.25, 0.3) is 0 Å². The molecule has 1 saturated heterocycles. The highest BCUT2D eigenvalue weighted by molar-refractivity contribution is 5.89. The molecule has 0 radical (unpaired) electrons. The van der Waals surface area contributed by atoms with Crippen molar-refractivity contribution >= 4 is 23.8 Å². The first-order valence-electron chi connectivity index (χ1n) is 19.1. The molecule has 1 aromatic heterocycles. The molecule has 14 heteroatoms. The Balaban J connectivity index is 1.87. The van der Waals surface area contributed by atoms with Gasteiger partial charge in [-0.25, -0.2) is 9.59 Å². The largest absolute Gasteiger partial charge is 0.493 e. The van der Waals surface area contributed by atoms with Crippen molar-refractivity contribution in [2.75, 3.05) is 47.3 Å². The van der Waals surface area contributed by atoms with E-state index in [1.807, 2.05) is 32.0 Å². The molecule has 0 saturated carbocycles. The van der Waals surface area contributed by atoms with E-state index in [4.69, 9.17) is 34.2 Å². The molecule has 0 aliphatic carbocycles. The Bertz CT molecular complexity index is 1540. The third-order valence-electron chi connectivity index (χ3n) is 10.2. The number of hydrogen-bond acceptors (Lipinski definition) is 12. The van der Waals surface area contributed by atoms with Gasteiger partial charge in [-0.1, -0.05) is 47.6 Å². The summed E-state index contributed by atoms with van der Waals surface area (Å²) < 4.78 is 34.2. The predicted octanol–water partition coefficient (Wildman–Crippen LogP) is 5.41. The van der Waals surface area contributed by atoms with Crippen molar-refractivity contribution in [2.24, 2.45) is 34.8 Å². The standard InChI is InChI=1S/C41H62N4O10/c1-26(2)31(18-29-13-14-34(51-9)36(19-29)52-17-11-16-50-8)20-33-35(21-32(27(3)4)38(47)44-24-41(6,7)37(46)22-42)53-25-45(33)40(49)55-28(5)54-39(48)30-12-10-15-43-23-30/h10,12-15,19,23,26-28,31-33,35H,11,16-18,20-22,24-25,42H2,1-9H3,(H,44,47)/t28?,31-,32-,33-,35-/m0/s1. The molecule has 3 rings (SSSR count). The Morgan fingerprint density at radius 3 is 2.36 bits per heavy atom. The van der Waals surface area contributed by atoms with E-state index in [1.54, 1.807) is 40.2 Å². The molecule has 2 aromatic rings. The highest BCUT2D eigenvalue weighted by Crippen LogP contribution is 2.36. The van der Waals surface area contributed by atoms with Crippen LogP contribution in [0.2, 0.25) is 0 Å². The quantitative estimate of drug-likeness (QED) is 0.0886. The summed E-state index contributed by atoms with van der Waals surface area (Å²) in [6.45, 7) is 14.2. The summed E-state index contributed by atoms with van der Waals surface area (Å²) in [5, 5.41) is 2.97. The number of ether oxygens (including phenoxy) is 6. The SMILES string of the molecule is COCCCOc1cc(C[C@@H](C[C@H]2[C@H](C[C@H](C(=O)NCC(C)(C)C(=O)CN)C(C)C)OCN2C(=O)OC(C)OC(=O)c2cccnc2)C(C)C)ccc1OC. The van der Waals surface area contributed by atoms with E-state index in [0.29, 0.717) is 44.0 Å². The Hall–Kier alpha value is -4.27. The molecule has 1 aliphatic rings. The third kappa shape index (κ3) is 13.5. The lowest BCUT2D eigenvalue weighted by molar-refractivity contribution is -0.130. The molecule has 1 aromatic carbocycles. The molecule has 1 unspecified atom stereocenters. The molecule has 55 heavy (non-hydrogen) atoms. The number of benzene rings is 1. The van der Waals surface area contributed by atoms with Crippen LogP contribution in [0.3, 0.4) is 0 Å². The van der Waals surface area contributed by atoms with Gasteiger partial charge in [-0.05, 0) is 66.8 Å². The molecule has 3 N–H and O–H groups in total. The number of pyridine rings is 1. The zero-order valence-electron chi connectivity index (χ0n) is 34.0. The second-order valence-electron chi connectivity index (χ2n) is 15.4. The highest BCUT2D eigenvalue weighted by Gasteiger charge is 2.43. The van der Waals surface area contributed by atoms with Crippen LogP contribution < -0.4 is 20.5 Å². The molecule has 2 amide bonds. The number of rotatable bonds is 22. The van der Waals surface area contributed by atoms with Crippen LogP contribution in [0.1, 0.15) is 83.7 Å². The van der Waals surface area contributed by atoms with Crippen LogP contribution in [0, 0.1) is 29.1 Å². The molecule has 1 fully saturated rings. The number of ketones is 1. The fourth-order valence-electron chi connectivity index (χ4n) is 6.51. The highest BCUT2D eigenvalue weighted by atomic mass is 16.7. The average molecular weight is 771 g/mol. The molecular weight excluding hydrogens is 708 g/mol. The third-order valence-corrected chi connectivity index (χ3v) is 10.2.